The molecule has 88 valence electrons. The van der Waals surface area contributed by atoms with Gasteiger partial charge in [0.15, 0.2) is 0 Å². The zero-order valence-corrected chi connectivity index (χ0v) is 10.1. The highest BCUT2D eigenvalue weighted by molar-refractivity contribution is 7.13. The Labute approximate surface area is 103 Å². The molecule has 5 heteroatoms. The van der Waals surface area contributed by atoms with E-state index >= 15 is 0 Å². The number of aliphatic carboxylic acids is 1. The molecule has 0 saturated heterocycles. The molecule has 1 unspecified atom stereocenters. The Balaban J connectivity index is 2.20. The largest absolute Gasteiger partial charge is 0.480 e. The number of hydrogen-bond acceptors (Lipinski definition) is 4. The standard InChI is InChI=1S/C12H12N2O2S/c1-8(12(15)16)14-10-4-2-3-9(7-10)11-13-5-6-17-11/h2-8,14H,1H3,(H,15,16). The number of aromatic nitrogens is 1. The van der Waals surface area contributed by atoms with Crippen molar-refractivity contribution in [3.63, 3.8) is 0 Å². The maximum Gasteiger partial charge on any atom is 0.325 e. The van der Waals surface area contributed by atoms with Crippen LogP contribution in [0.15, 0.2) is 35.8 Å². The van der Waals surface area contributed by atoms with Gasteiger partial charge in [-0.1, -0.05) is 12.1 Å². The fraction of sp³-hybridized carbons (Fsp3) is 0.167. The van der Waals surface area contributed by atoms with Gasteiger partial charge >= 0.3 is 5.97 Å². The van der Waals surface area contributed by atoms with Crippen LogP contribution in [0.1, 0.15) is 6.92 Å². The Morgan fingerprint density at radius 2 is 2.35 bits per heavy atom. The number of carbonyl (C=O) groups is 1. The Bertz CT molecular complexity index is 511. The maximum absolute atomic E-state index is 10.7. The molecule has 1 heterocycles. The molecule has 2 aromatic rings. The molecule has 17 heavy (non-hydrogen) atoms. The van der Waals surface area contributed by atoms with Crippen molar-refractivity contribution in [2.24, 2.45) is 0 Å². The highest BCUT2D eigenvalue weighted by atomic mass is 32.1. The first-order valence-corrected chi connectivity index (χ1v) is 6.04. The highest BCUT2D eigenvalue weighted by Gasteiger charge is 2.10. The van der Waals surface area contributed by atoms with E-state index in [0.29, 0.717) is 0 Å². The molecule has 1 aromatic heterocycles. The van der Waals surface area contributed by atoms with Gasteiger partial charge in [-0.05, 0) is 19.1 Å². The zero-order valence-electron chi connectivity index (χ0n) is 9.25. The Kier molecular flexibility index (Phi) is 3.39. The lowest BCUT2D eigenvalue weighted by Crippen LogP contribution is -2.25. The molecule has 0 amide bonds. The van der Waals surface area contributed by atoms with Gasteiger partial charge in [0.25, 0.3) is 0 Å². The summed E-state index contributed by atoms with van der Waals surface area (Å²) in [6, 6.07) is 6.97. The predicted molar refractivity (Wildman–Crippen MR) is 68.3 cm³/mol. The van der Waals surface area contributed by atoms with Crippen molar-refractivity contribution < 1.29 is 9.90 Å². The van der Waals surface area contributed by atoms with E-state index in [2.05, 4.69) is 10.3 Å². The van der Waals surface area contributed by atoms with Gasteiger partial charge in [-0.2, -0.15) is 0 Å². The van der Waals surface area contributed by atoms with Gasteiger partial charge in [0.1, 0.15) is 11.0 Å². The summed E-state index contributed by atoms with van der Waals surface area (Å²) >= 11 is 1.55. The molecule has 2 N–H and O–H groups in total. The van der Waals surface area contributed by atoms with E-state index in [1.54, 1.807) is 24.5 Å². The SMILES string of the molecule is CC(Nc1cccc(-c2nccs2)c1)C(=O)O. The molecule has 0 radical (unpaired) electrons. The van der Waals surface area contributed by atoms with E-state index in [4.69, 9.17) is 5.11 Å². The first-order chi connectivity index (χ1) is 8.16. The predicted octanol–water partition coefficient (Wildman–Crippen LogP) is 2.70. The fourth-order valence-electron chi connectivity index (χ4n) is 1.42. The molecular formula is C12H12N2O2S. The molecule has 1 atom stereocenters. The van der Waals surface area contributed by atoms with Gasteiger partial charge in [-0.3, -0.25) is 4.79 Å². The lowest BCUT2D eigenvalue weighted by molar-refractivity contribution is -0.137. The summed E-state index contributed by atoms with van der Waals surface area (Å²) in [7, 11) is 0. The summed E-state index contributed by atoms with van der Waals surface area (Å²) in [5.74, 6) is -0.871. The van der Waals surface area contributed by atoms with E-state index in [1.165, 1.54) is 0 Å². The van der Waals surface area contributed by atoms with Crippen molar-refractivity contribution in [2.45, 2.75) is 13.0 Å². The average molecular weight is 248 g/mol. The van der Waals surface area contributed by atoms with Crippen LogP contribution in [0.2, 0.25) is 0 Å². The van der Waals surface area contributed by atoms with Gasteiger partial charge in [-0.15, -0.1) is 11.3 Å². The van der Waals surface area contributed by atoms with Crippen LogP contribution in [0.5, 0.6) is 0 Å². The normalized spacial score (nSPS) is 12.1. The van der Waals surface area contributed by atoms with Crippen molar-refractivity contribution in [1.29, 1.82) is 0 Å². The quantitative estimate of drug-likeness (QED) is 0.873. The van der Waals surface area contributed by atoms with E-state index in [0.717, 1.165) is 16.3 Å². The molecule has 0 fully saturated rings. The molecular weight excluding hydrogens is 236 g/mol. The number of rotatable bonds is 4. The van der Waals surface area contributed by atoms with Crippen LogP contribution in [0.4, 0.5) is 5.69 Å². The Morgan fingerprint density at radius 1 is 1.53 bits per heavy atom. The van der Waals surface area contributed by atoms with Gasteiger partial charge in [0.2, 0.25) is 0 Å². The molecule has 0 aliphatic carbocycles. The first-order valence-electron chi connectivity index (χ1n) is 5.16. The number of carboxylic acid groups (broad SMARTS) is 1. The number of anilines is 1. The second-order valence-electron chi connectivity index (χ2n) is 3.62. The summed E-state index contributed by atoms with van der Waals surface area (Å²) in [4.78, 5) is 15.0. The second-order valence-corrected chi connectivity index (χ2v) is 4.52. The molecule has 0 aliphatic rings. The third-order valence-corrected chi connectivity index (χ3v) is 3.12. The van der Waals surface area contributed by atoms with E-state index in [9.17, 15) is 4.79 Å². The van der Waals surface area contributed by atoms with Crippen LogP contribution in [0.3, 0.4) is 0 Å². The van der Waals surface area contributed by atoms with Gasteiger partial charge < -0.3 is 10.4 Å². The Morgan fingerprint density at radius 3 is 3.00 bits per heavy atom. The van der Waals surface area contributed by atoms with Crippen molar-refractivity contribution in [3.8, 4) is 10.6 Å². The van der Waals surface area contributed by atoms with Crippen LogP contribution in [0.25, 0.3) is 10.6 Å². The lowest BCUT2D eigenvalue weighted by Gasteiger charge is -2.11. The lowest BCUT2D eigenvalue weighted by atomic mass is 10.2. The topological polar surface area (TPSA) is 62.2 Å². The van der Waals surface area contributed by atoms with Crippen LogP contribution in [0, 0.1) is 0 Å². The molecule has 0 aliphatic heterocycles. The first kappa shape index (κ1) is 11.6. The van der Waals surface area contributed by atoms with Crippen LogP contribution in [-0.2, 0) is 4.79 Å². The van der Waals surface area contributed by atoms with Crippen LogP contribution >= 0.6 is 11.3 Å². The second kappa shape index (κ2) is 4.97. The van der Waals surface area contributed by atoms with Crippen molar-refractivity contribution >= 4 is 23.0 Å². The van der Waals surface area contributed by atoms with E-state index < -0.39 is 12.0 Å². The Hall–Kier alpha value is -1.88. The van der Waals surface area contributed by atoms with Crippen molar-refractivity contribution in [2.75, 3.05) is 5.32 Å². The molecule has 0 saturated carbocycles. The number of benzene rings is 1. The average Bonchev–Trinajstić information content (AvgIpc) is 2.82. The number of carboxylic acids is 1. The van der Waals surface area contributed by atoms with Gasteiger partial charge in [-0.25, -0.2) is 4.98 Å². The van der Waals surface area contributed by atoms with Gasteiger partial charge in [0, 0.05) is 22.8 Å². The third kappa shape index (κ3) is 2.82. The van der Waals surface area contributed by atoms with Crippen molar-refractivity contribution in [1.82, 2.24) is 4.98 Å². The van der Waals surface area contributed by atoms with Crippen molar-refractivity contribution in [3.05, 3.63) is 35.8 Å². The minimum Gasteiger partial charge on any atom is -0.480 e. The monoisotopic (exact) mass is 248 g/mol. The minimum atomic E-state index is -0.871. The zero-order chi connectivity index (χ0) is 12.3. The van der Waals surface area contributed by atoms with Gasteiger partial charge in [0.05, 0.1) is 0 Å². The molecule has 0 spiro atoms. The third-order valence-electron chi connectivity index (χ3n) is 2.30. The van der Waals surface area contributed by atoms with Crippen LogP contribution < -0.4 is 5.32 Å². The molecule has 1 aromatic carbocycles. The number of nitrogens with one attached hydrogen (secondary N) is 1. The number of thiazole rings is 1. The summed E-state index contributed by atoms with van der Waals surface area (Å²) in [6.07, 6.45) is 1.75. The smallest absolute Gasteiger partial charge is 0.325 e. The molecule has 4 nitrogen and oxygen atoms in total. The van der Waals surface area contributed by atoms with Crippen LogP contribution in [-0.4, -0.2) is 22.1 Å². The number of hydrogen-bond donors (Lipinski definition) is 2. The minimum absolute atomic E-state index is 0.610. The highest BCUT2D eigenvalue weighted by Crippen LogP contribution is 2.24. The fourth-order valence-corrected chi connectivity index (χ4v) is 2.06. The summed E-state index contributed by atoms with van der Waals surface area (Å²) in [5, 5.41) is 14.6. The molecule has 2 rings (SSSR count). The van der Waals surface area contributed by atoms with E-state index in [-0.39, 0.29) is 0 Å². The maximum atomic E-state index is 10.7. The number of nitrogens with zero attached hydrogens (tertiary/aromatic N) is 1. The van der Waals surface area contributed by atoms with E-state index in [1.807, 2.05) is 29.6 Å². The summed E-state index contributed by atoms with van der Waals surface area (Å²) in [6.45, 7) is 1.61. The molecule has 0 bridgehead atoms. The summed E-state index contributed by atoms with van der Waals surface area (Å²) < 4.78 is 0. The summed E-state index contributed by atoms with van der Waals surface area (Å²) in [5.41, 5.74) is 1.77.